The van der Waals surface area contributed by atoms with E-state index in [0.29, 0.717) is 18.4 Å². The molecule has 4 aliphatic carbocycles. The minimum atomic E-state index is -3.00. The maximum Gasteiger partial charge on any atom is 0.309 e. The van der Waals surface area contributed by atoms with E-state index in [1.54, 1.807) is 13.0 Å². The number of carbonyl (C=O) groups is 6. The fraction of sp³-hybridized carbons (Fsp3) is 0.538. The van der Waals surface area contributed by atoms with Crippen LogP contribution in [-0.2, 0) is 28.7 Å². The summed E-state index contributed by atoms with van der Waals surface area (Å²) in [7, 11) is 2.94. The Morgan fingerprint density at radius 3 is 2.32 bits per heavy atom. The topological polar surface area (TPSA) is 181 Å². The van der Waals surface area contributed by atoms with E-state index in [1.807, 2.05) is 0 Å². The van der Waals surface area contributed by atoms with Crippen LogP contribution in [0.25, 0.3) is 0 Å². The van der Waals surface area contributed by atoms with Crippen molar-refractivity contribution in [3.05, 3.63) is 29.3 Å². The van der Waals surface area contributed by atoms with Crippen LogP contribution in [0.3, 0.4) is 0 Å². The number of nitrogens with two attached hydrogens (primary N) is 1. The second kappa shape index (κ2) is 8.29. The maximum absolute atomic E-state index is 14.0. The lowest BCUT2D eigenvalue weighted by Crippen LogP contribution is -2.78. The summed E-state index contributed by atoms with van der Waals surface area (Å²) in [5.41, 5.74) is 2.65. The Bertz CT molecular complexity index is 1270. The van der Waals surface area contributed by atoms with Gasteiger partial charge in [-0.3, -0.25) is 33.7 Å². The molecule has 0 aromatic heterocycles. The minimum Gasteiger partial charge on any atom is -0.507 e. The van der Waals surface area contributed by atoms with Crippen LogP contribution in [0, 0.1) is 29.6 Å². The van der Waals surface area contributed by atoms with Gasteiger partial charge in [0.2, 0.25) is 5.91 Å². The monoisotopic (exact) mass is 512 g/mol. The van der Waals surface area contributed by atoms with Crippen molar-refractivity contribution in [2.45, 2.75) is 43.4 Å². The van der Waals surface area contributed by atoms with Crippen LogP contribution in [0.5, 0.6) is 5.75 Å². The molecule has 3 saturated carbocycles. The predicted octanol–water partition coefficient (Wildman–Crippen LogP) is -0.640. The van der Waals surface area contributed by atoms with Gasteiger partial charge in [0, 0.05) is 5.92 Å². The number of esters is 1. The number of ether oxygens (including phenoxy) is 1. The average molecular weight is 513 g/mol. The zero-order chi connectivity index (χ0) is 27.1. The first kappa shape index (κ1) is 25.2. The number of fused-ring (bicyclic) bond motifs is 3. The third kappa shape index (κ3) is 3.33. The van der Waals surface area contributed by atoms with Gasteiger partial charge in [-0.05, 0) is 44.5 Å². The summed E-state index contributed by atoms with van der Waals surface area (Å²) in [6.45, 7) is 1.70. The molecule has 5 rings (SSSR count). The highest BCUT2D eigenvalue weighted by atomic mass is 16.5. The third-order valence-electron chi connectivity index (χ3n) is 8.49. The normalized spacial score (nSPS) is 37.1. The van der Waals surface area contributed by atoms with Gasteiger partial charge in [-0.25, -0.2) is 0 Å². The smallest absolute Gasteiger partial charge is 0.309 e. The molecule has 0 aliphatic heterocycles. The van der Waals surface area contributed by atoms with Gasteiger partial charge in [0.25, 0.3) is 0 Å². The Kier molecular flexibility index (Phi) is 5.65. The summed E-state index contributed by atoms with van der Waals surface area (Å²) in [6.07, 6.45) is -0.237. The van der Waals surface area contributed by atoms with Crippen molar-refractivity contribution in [2.24, 2.45) is 35.3 Å². The number of phenols is 1. The van der Waals surface area contributed by atoms with Crippen LogP contribution in [0.4, 0.5) is 0 Å². The largest absolute Gasteiger partial charge is 0.507 e. The Morgan fingerprint density at radius 2 is 1.76 bits per heavy atom. The number of nitrogens with zero attached hydrogens (tertiary/aromatic N) is 1. The molecule has 8 atom stereocenters. The van der Waals surface area contributed by atoms with E-state index in [2.05, 4.69) is 0 Å². The summed E-state index contributed by atoms with van der Waals surface area (Å²) in [5.74, 6) is -14.1. The number of benzene rings is 1. The number of amides is 1. The van der Waals surface area contributed by atoms with Crippen LogP contribution < -0.4 is 5.73 Å². The summed E-state index contributed by atoms with van der Waals surface area (Å²) in [4.78, 5) is 81.2. The van der Waals surface area contributed by atoms with Crippen LogP contribution in [0.2, 0.25) is 0 Å². The average Bonchev–Trinajstić information content (AvgIpc) is 3.66. The first-order valence-corrected chi connectivity index (χ1v) is 12.2. The standard InChI is InChI=1S/C26H28N2O9/c1-9-11-5-4-6-12(29)14(11)19(30)15-13(9)21(37-25(35)10-7-8-10)17-18(28(2)3)20(31)16(24(27)34)23(33)26(17,36)22(15)32/h4-6,9-10,13,15-18,21,29,36H,7-8H2,1-3H3,(H2,27,34)/t9-,13+,15?,16?,17+,18-,21-,26-/m0/s1. The van der Waals surface area contributed by atoms with Gasteiger partial charge in [0.05, 0.1) is 29.4 Å². The lowest BCUT2D eigenvalue weighted by molar-refractivity contribution is -0.206. The van der Waals surface area contributed by atoms with Gasteiger partial charge < -0.3 is 20.7 Å². The number of Topliss-reactive ketones (excluding diaryl/α,β-unsaturated/α-hetero) is 4. The molecule has 3 fully saturated rings. The number of phenolic OH excluding ortho intramolecular Hbond substituents is 1. The van der Waals surface area contributed by atoms with Gasteiger partial charge in [-0.1, -0.05) is 19.1 Å². The number of aromatic hydroxyl groups is 1. The summed E-state index contributed by atoms with van der Waals surface area (Å²) >= 11 is 0. The van der Waals surface area contributed by atoms with Crippen LogP contribution >= 0.6 is 0 Å². The number of primary amides is 1. The molecule has 37 heavy (non-hydrogen) atoms. The molecule has 4 aliphatic rings. The second-order valence-electron chi connectivity index (χ2n) is 10.8. The molecule has 196 valence electrons. The third-order valence-corrected chi connectivity index (χ3v) is 8.49. The van der Waals surface area contributed by atoms with Crippen LogP contribution in [-0.4, -0.2) is 82.0 Å². The van der Waals surface area contributed by atoms with E-state index >= 15 is 0 Å². The number of hydrogen-bond donors (Lipinski definition) is 3. The van der Waals surface area contributed by atoms with Crippen molar-refractivity contribution < 1.29 is 43.7 Å². The van der Waals surface area contributed by atoms with Gasteiger partial charge in [0.15, 0.2) is 34.7 Å². The first-order chi connectivity index (χ1) is 17.3. The number of carbonyl (C=O) groups excluding carboxylic acids is 6. The van der Waals surface area contributed by atoms with Gasteiger partial charge >= 0.3 is 5.97 Å². The SMILES string of the molecule is C[C@H]1c2cccc(O)c2C(=O)C2C(=O)[C@]3(O)C(=O)C(C(N)=O)C(=O)[C@@H](N(C)C)[C@@H]3[C@@H](OC(=O)C3CC3)[C@@H]21. The van der Waals surface area contributed by atoms with E-state index in [0.717, 1.165) is 0 Å². The first-order valence-electron chi connectivity index (χ1n) is 12.2. The Hall–Kier alpha value is -3.44. The maximum atomic E-state index is 14.0. The zero-order valence-corrected chi connectivity index (χ0v) is 20.5. The highest BCUT2D eigenvalue weighted by molar-refractivity contribution is 6.32. The molecule has 1 amide bonds. The van der Waals surface area contributed by atoms with E-state index in [1.165, 1.54) is 31.1 Å². The molecule has 1 aromatic carbocycles. The molecule has 4 N–H and O–H groups in total. The second-order valence-corrected chi connectivity index (χ2v) is 10.8. The number of likely N-dealkylation sites (N-methyl/N-ethyl adjacent to an activating group) is 1. The van der Waals surface area contributed by atoms with Crippen molar-refractivity contribution in [1.82, 2.24) is 4.90 Å². The molecule has 2 unspecified atom stereocenters. The lowest BCUT2D eigenvalue weighted by atomic mass is 9.49. The number of ketones is 4. The fourth-order valence-electron chi connectivity index (χ4n) is 6.62. The molecule has 11 nitrogen and oxygen atoms in total. The van der Waals surface area contributed by atoms with Crippen LogP contribution in [0.1, 0.15) is 41.6 Å². The fourth-order valence-corrected chi connectivity index (χ4v) is 6.62. The molecule has 0 radical (unpaired) electrons. The Balaban J connectivity index is 1.76. The van der Waals surface area contributed by atoms with E-state index in [-0.39, 0.29) is 11.3 Å². The van der Waals surface area contributed by atoms with Crippen molar-refractivity contribution in [3.8, 4) is 5.75 Å². The van der Waals surface area contributed by atoms with Crippen LogP contribution in [0.15, 0.2) is 18.2 Å². The van der Waals surface area contributed by atoms with Crippen molar-refractivity contribution in [3.63, 3.8) is 0 Å². The molecule has 1 aromatic rings. The molecule has 0 spiro atoms. The molecule has 0 saturated heterocycles. The molecule has 0 bridgehead atoms. The summed E-state index contributed by atoms with van der Waals surface area (Å²) < 4.78 is 5.89. The Morgan fingerprint density at radius 1 is 1.11 bits per heavy atom. The van der Waals surface area contributed by atoms with E-state index in [9.17, 15) is 39.0 Å². The highest BCUT2D eigenvalue weighted by Gasteiger charge is 2.74. The predicted molar refractivity (Wildman–Crippen MR) is 124 cm³/mol. The van der Waals surface area contributed by atoms with E-state index in [4.69, 9.17) is 10.5 Å². The van der Waals surface area contributed by atoms with Crippen molar-refractivity contribution in [1.29, 1.82) is 0 Å². The van der Waals surface area contributed by atoms with Crippen molar-refractivity contribution in [2.75, 3.05) is 14.1 Å². The number of rotatable bonds is 4. The van der Waals surface area contributed by atoms with Gasteiger partial charge in [-0.15, -0.1) is 0 Å². The highest BCUT2D eigenvalue weighted by Crippen LogP contribution is 2.55. The minimum absolute atomic E-state index is 0.117. The molecule has 11 heteroatoms. The molecular formula is C26H28N2O9. The van der Waals surface area contributed by atoms with Gasteiger partial charge in [-0.2, -0.15) is 0 Å². The van der Waals surface area contributed by atoms with Gasteiger partial charge in [0.1, 0.15) is 11.9 Å². The lowest BCUT2D eigenvalue weighted by Gasteiger charge is -2.56. The van der Waals surface area contributed by atoms with E-state index < -0.39 is 88.3 Å². The molecular weight excluding hydrogens is 484 g/mol. The van der Waals surface area contributed by atoms with Crippen molar-refractivity contribution >= 4 is 35.0 Å². The summed E-state index contributed by atoms with van der Waals surface area (Å²) in [6, 6.07) is 3.05. The number of aliphatic hydroxyl groups is 1. The number of hydrogen-bond acceptors (Lipinski definition) is 10. The quantitative estimate of drug-likeness (QED) is 0.347. The molecule has 0 heterocycles. The summed E-state index contributed by atoms with van der Waals surface area (Å²) in [5, 5.41) is 22.4. The zero-order valence-electron chi connectivity index (χ0n) is 20.5. The Labute approximate surface area is 211 Å².